The van der Waals surface area contributed by atoms with E-state index in [2.05, 4.69) is 21.7 Å². The fourth-order valence-electron chi connectivity index (χ4n) is 6.61. The molecule has 1 aliphatic rings. The zero-order valence-electron chi connectivity index (χ0n) is 29.6. The number of rotatable bonds is 13. The maximum atomic E-state index is 14.0. The molecule has 6 rings (SSSR count). The largest absolute Gasteiger partial charge is 0.460 e. The van der Waals surface area contributed by atoms with Gasteiger partial charge in [-0.05, 0) is 51.8 Å². The van der Waals surface area contributed by atoms with Gasteiger partial charge in [0.15, 0.2) is 0 Å². The Kier molecular flexibility index (Phi) is 11.3. The Morgan fingerprint density at radius 1 is 1.00 bits per heavy atom. The van der Waals surface area contributed by atoms with Gasteiger partial charge >= 0.3 is 0 Å². The minimum Gasteiger partial charge on any atom is -0.460 e. The van der Waals surface area contributed by atoms with Crippen molar-refractivity contribution in [3.05, 3.63) is 114 Å². The SMILES string of the molecule is CC(C)(C)[C@H](NC(=O)CCC(=O)CC(c1cccnc1)c1cc2ccccc2o1)C(=O)N1C[C@H](O)C[C@H]1C(=O)NCc1ccc(-c2cccs2)cc1. The van der Waals surface area contributed by atoms with Crippen molar-refractivity contribution in [2.45, 2.75) is 77.1 Å². The van der Waals surface area contributed by atoms with E-state index in [9.17, 15) is 24.3 Å². The maximum absolute atomic E-state index is 14.0. The van der Waals surface area contributed by atoms with Gasteiger partial charge in [0.25, 0.3) is 0 Å². The number of pyridine rings is 1. The van der Waals surface area contributed by atoms with E-state index in [1.807, 2.05) is 98.9 Å². The number of amides is 3. The number of carbonyl (C=O) groups is 4. The third-order valence-corrected chi connectivity index (χ3v) is 10.4. The minimum atomic E-state index is -0.987. The molecule has 3 amide bonds. The standard InChI is InChI=1S/C41H44N4O6S/c1-41(2,3)38(40(50)45-25-31(47)22-33(45)39(49)43-23-26-12-14-27(15-13-26)36-11-7-19-52-36)44-37(48)17-16-30(46)21-32(29-9-6-18-42-24-29)35-20-28-8-4-5-10-34(28)51-35/h4-15,18-20,24,31-33,38,47H,16-17,21-23,25H2,1-3H3,(H,43,49)(H,44,48)/t31-,32?,33+,38-/m1/s1. The van der Waals surface area contributed by atoms with Crippen LogP contribution in [-0.2, 0) is 25.7 Å². The van der Waals surface area contributed by atoms with Crippen molar-refractivity contribution in [1.29, 1.82) is 0 Å². The van der Waals surface area contributed by atoms with E-state index in [1.165, 1.54) is 4.90 Å². The Morgan fingerprint density at radius 2 is 1.79 bits per heavy atom. The molecule has 5 aromatic rings. The Bertz CT molecular complexity index is 1970. The Balaban J connectivity index is 1.06. The number of carbonyl (C=O) groups excluding carboxylic acids is 4. The molecule has 3 N–H and O–H groups in total. The highest BCUT2D eigenvalue weighted by Crippen LogP contribution is 2.33. The number of aromatic nitrogens is 1. The molecule has 0 spiro atoms. The van der Waals surface area contributed by atoms with Crippen LogP contribution < -0.4 is 10.6 Å². The zero-order valence-corrected chi connectivity index (χ0v) is 30.4. The van der Waals surface area contributed by atoms with Crippen molar-refractivity contribution >= 4 is 45.8 Å². The molecule has 2 aromatic carbocycles. The van der Waals surface area contributed by atoms with E-state index in [-0.39, 0.29) is 56.4 Å². The van der Waals surface area contributed by atoms with Gasteiger partial charge in [0, 0.05) is 61.4 Å². The lowest BCUT2D eigenvalue weighted by atomic mass is 9.85. The van der Waals surface area contributed by atoms with Crippen molar-refractivity contribution in [2.24, 2.45) is 5.41 Å². The van der Waals surface area contributed by atoms with Crippen LogP contribution in [0.2, 0.25) is 0 Å². The van der Waals surface area contributed by atoms with E-state index in [0.29, 0.717) is 5.76 Å². The fourth-order valence-corrected chi connectivity index (χ4v) is 7.34. The van der Waals surface area contributed by atoms with E-state index < -0.39 is 35.4 Å². The molecule has 1 saturated heterocycles. The second kappa shape index (κ2) is 16.0. The summed E-state index contributed by atoms with van der Waals surface area (Å²) in [5.41, 5.74) is 2.83. The number of ketones is 1. The zero-order chi connectivity index (χ0) is 36.8. The molecule has 4 atom stereocenters. The summed E-state index contributed by atoms with van der Waals surface area (Å²) in [6.45, 7) is 5.73. The van der Waals surface area contributed by atoms with E-state index >= 15 is 0 Å². The number of thiophene rings is 1. The Morgan fingerprint density at radius 3 is 2.48 bits per heavy atom. The molecule has 1 aliphatic heterocycles. The first-order valence-electron chi connectivity index (χ1n) is 17.5. The third kappa shape index (κ3) is 8.83. The van der Waals surface area contributed by atoms with Crippen molar-refractivity contribution in [3.8, 4) is 10.4 Å². The van der Waals surface area contributed by atoms with E-state index in [1.54, 1.807) is 23.7 Å². The lowest BCUT2D eigenvalue weighted by Gasteiger charge is -2.35. The van der Waals surface area contributed by atoms with Gasteiger partial charge in [0.2, 0.25) is 17.7 Å². The number of hydrogen-bond acceptors (Lipinski definition) is 8. The van der Waals surface area contributed by atoms with Crippen molar-refractivity contribution < 1.29 is 28.7 Å². The van der Waals surface area contributed by atoms with Crippen LogP contribution in [0.1, 0.15) is 69.3 Å². The number of benzene rings is 2. The lowest BCUT2D eigenvalue weighted by Crippen LogP contribution is -2.57. The second-order valence-electron chi connectivity index (χ2n) is 14.4. The summed E-state index contributed by atoms with van der Waals surface area (Å²) in [6.07, 6.45) is 2.57. The Labute approximate surface area is 307 Å². The Hall–Kier alpha value is -5.13. The summed E-state index contributed by atoms with van der Waals surface area (Å²) in [5.74, 6) is -1.14. The third-order valence-electron chi connectivity index (χ3n) is 9.45. The number of nitrogens with zero attached hydrogens (tertiary/aromatic N) is 2. The second-order valence-corrected chi connectivity index (χ2v) is 15.4. The number of furan rings is 1. The maximum Gasteiger partial charge on any atom is 0.246 e. The number of β-amino-alcohol motifs (C(OH)–C–C–N with tert-alkyl or cyclic N) is 1. The molecule has 270 valence electrons. The van der Waals surface area contributed by atoms with E-state index in [4.69, 9.17) is 4.42 Å². The first-order valence-corrected chi connectivity index (χ1v) is 18.4. The number of hydrogen-bond donors (Lipinski definition) is 3. The topological polar surface area (TPSA) is 142 Å². The van der Waals surface area contributed by atoms with Gasteiger partial charge in [-0.25, -0.2) is 0 Å². The van der Waals surface area contributed by atoms with Crippen LogP contribution in [-0.4, -0.2) is 63.2 Å². The molecule has 1 fully saturated rings. The molecule has 10 nitrogen and oxygen atoms in total. The summed E-state index contributed by atoms with van der Waals surface area (Å²) < 4.78 is 6.12. The van der Waals surface area contributed by atoms with Crippen LogP contribution in [0.3, 0.4) is 0 Å². The quantitative estimate of drug-likeness (QED) is 0.131. The number of Topliss-reactive ketones (excluding diaryl/α,β-unsaturated/α-hetero) is 1. The van der Waals surface area contributed by atoms with Gasteiger partial charge in [0.05, 0.1) is 12.0 Å². The molecule has 52 heavy (non-hydrogen) atoms. The summed E-state index contributed by atoms with van der Waals surface area (Å²) in [6, 6.07) is 23.4. The highest BCUT2D eigenvalue weighted by atomic mass is 32.1. The fraction of sp³-hybridized carbons (Fsp3) is 0.341. The van der Waals surface area contributed by atoms with Gasteiger partial charge in [-0.2, -0.15) is 0 Å². The number of fused-ring (bicyclic) bond motifs is 1. The lowest BCUT2D eigenvalue weighted by molar-refractivity contribution is -0.144. The van der Waals surface area contributed by atoms with Crippen molar-refractivity contribution in [2.75, 3.05) is 6.54 Å². The highest BCUT2D eigenvalue weighted by Gasteiger charge is 2.44. The average molecular weight is 721 g/mol. The summed E-state index contributed by atoms with van der Waals surface area (Å²) in [4.78, 5) is 60.8. The van der Waals surface area contributed by atoms with Crippen LogP contribution in [0, 0.1) is 5.41 Å². The average Bonchev–Trinajstić information content (AvgIpc) is 3.91. The first-order chi connectivity index (χ1) is 25.0. The monoisotopic (exact) mass is 720 g/mol. The van der Waals surface area contributed by atoms with Gasteiger partial charge in [-0.1, -0.05) is 75.4 Å². The number of likely N-dealkylation sites (tertiary alicyclic amines) is 1. The van der Waals surface area contributed by atoms with Crippen LogP contribution in [0.25, 0.3) is 21.4 Å². The normalized spacial score (nSPS) is 17.1. The molecule has 0 radical (unpaired) electrons. The molecule has 11 heteroatoms. The van der Waals surface area contributed by atoms with Crippen molar-refractivity contribution in [1.82, 2.24) is 20.5 Å². The number of para-hydroxylation sites is 1. The predicted octanol–water partition coefficient (Wildman–Crippen LogP) is 6.24. The van der Waals surface area contributed by atoms with Gasteiger partial charge < -0.3 is 25.1 Å². The van der Waals surface area contributed by atoms with Crippen LogP contribution >= 0.6 is 11.3 Å². The van der Waals surface area contributed by atoms with Crippen LogP contribution in [0.5, 0.6) is 0 Å². The van der Waals surface area contributed by atoms with Crippen LogP contribution in [0.15, 0.2) is 101 Å². The molecular weight excluding hydrogens is 677 g/mol. The van der Waals surface area contributed by atoms with Gasteiger partial charge in [0.1, 0.15) is 29.2 Å². The van der Waals surface area contributed by atoms with Gasteiger partial charge in [-0.15, -0.1) is 11.3 Å². The van der Waals surface area contributed by atoms with Crippen molar-refractivity contribution in [3.63, 3.8) is 0 Å². The first kappa shape index (κ1) is 36.7. The smallest absolute Gasteiger partial charge is 0.246 e. The molecule has 4 heterocycles. The molecule has 0 aliphatic carbocycles. The number of aliphatic hydroxyl groups is 1. The highest BCUT2D eigenvalue weighted by molar-refractivity contribution is 7.13. The summed E-state index contributed by atoms with van der Waals surface area (Å²) in [5, 5.41) is 19.3. The summed E-state index contributed by atoms with van der Waals surface area (Å²) in [7, 11) is 0. The number of nitrogens with one attached hydrogen (secondary N) is 2. The molecule has 3 aromatic heterocycles. The number of aliphatic hydroxyl groups excluding tert-OH is 1. The predicted molar refractivity (Wildman–Crippen MR) is 200 cm³/mol. The molecule has 0 bridgehead atoms. The molecule has 0 saturated carbocycles. The van der Waals surface area contributed by atoms with E-state index in [0.717, 1.165) is 32.5 Å². The van der Waals surface area contributed by atoms with Gasteiger partial charge in [-0.3, -0.25) is 24.2 Å². The minimum absolute atomic E-state index is 0.0229. The van der Waals surface area contributed by atoms with Crippen LogP contribution in [0.4, 0.5) is 0 Å². The summed E-state index contributed by atoms with van der Waals surface area (Å²) >= 11 is 1.65. The molecule has 1 unspecified atom stereocenters. The molecular formula is C41H44N4O6S.